The second-order valence-corrected chi connectivity index (χ2v) is 5.43. The van der Waals surface area contributed by atoms with Gasteiger partial charge in [-0.25, -0.2) is 4.79 Å². The predicted molar refractivity (Wildman–Crippen MR) is 74.7 cm³/mol. The smallest absolute Gasteiger partial charge is 0.328 e. The molecule has 102 valence electrons. The SMILES string of the molecule is CC(Nc1ccc(CC#N)cc1)C(=O)OC(C)(C)C. The lowest BCUT2D eigenvalue weighted by molar-refractivity contribution is -0.155. The lowest BCUT2D eigenvalue weighted by Crippen LogP contribution is -2.34. The average molecular weight is 260 g/mol. The van der Waals surface area contributed by atoms with E-state index in [1.54, 1.807) is 6.92 Å². The van der Waals surface area contributed by atoms with E-state index in [0.717, 1.165) is 11.3 Å². The van der Waals surface area contributed by atoms with Crippen molar-refractivity contribution >= 4 is 11.7 Å². The Labute approximate surface area is 114 Å². The normalized spacial score (nSPS) is 12.4. The highest BCUT2D eigenvalue weighted by atomic mass is 16.6. The quantitative estimate of drug-likeness (QED) is 0.845. The van der Waals surface area contributed by atoms with E-state index in [1.165, 1.54) is 0 Å². The molecule has 0 radical (unpaired) electrons. The molecular formula is C15H20N2O2. The predicted octanol–water partition coefficient (Wildman–Crippen LogP) is 2.89. The third-order valence-electron chi connectivity index (χ3n) is 2.38. The molecule has 1 rings (SSSR count). The Bertz CT molecular complexity index is 466. The third-order valence-corrected chi connectivity index (χ3v) is 2.38. The number of rotatable bonds is 4. The number of carbonyl (C=O) groups is 1. The Morgan fingerprint density at radius 1 is 1.37 bits per heavy atom. The first kappa shape index (κ1) is 15.0. The van der Waals surface area contributed by atoms with Gasteiger partial charge in [-0.3, -0.25) is 0 Å². The van der Waals surface area contributed by atoms with Crippen molar-refractivity contribution < 1.29 is 9.53 Å². The van der Waals surface area contributed by atoms with E-state index in [-0.39, 0.29) is 5.97 Å². The van der Waals surface area contributed by atoms with Crippen LogP contribution in [0.2, 0.25) is 0 Å². The summed E-state index contributed by atoms with van der Waals surface area (Å²) >= 11 is 0. The summed E-state index contributed by atoms with van der Waals surface area (Å²) in [5.74, 6) is -0.284. The number of anilines is 1. The number of ether oxygens (including phenoxy) is 1. The Kier molecular flexibility index (Phi) is 4.94. The van der Waals surface area contributed by atoms with Crippen molar-refractivity contribution in [2.24, 2.45) is 0 Å². The summed E-state index contributed by atoms with van der Waals surface area (Å²) in [6, 6.07) is 9.12. The van der Waals surface area contributed by atoms with Crippen molar-refractivity contribution in [3.63, 3.8) is 0 Å². The van der Waals surface area contributed by atoms with Crippen LogP contribution in [0, 0.1) is 11.3 Å². The maximum atomic E-state index is 11.8. The van der Waals surface area contributed by atoms with E-state index in [2.05, 4.69) is 11.4 Å². The Hall–Kier alpha value is -2.02. The number of carbonyl (C=O) groups excluding carboxylic acids is 1. The van der Waals surface area contributed by atoms with Crippen molar-refractivity contribution in [2.45, 2.75) is 45.8 Å². The summed E-state index contributed by atoms with van der Waals surface area (Å²) < 4.78 is 5.29. The average Bonchev–Trinajstić information content (AvgIpc) is 2.29. The summed E-state index contributed by atoms with van der Waals surface area (Å²) in [5, 5.41) is 11.7. The fourth-order valence-corrected chi connectivity index (χ4v) is 1.51. The van der Waals surface area contributed by atoms with Gasteiger partial charge < -0.3 is 10.1 Å². The molecule has 4 nitrogen and oxygen atoms in total. The largest absolute Gasteiger partial charge is 0.458 e. The first-order chi connectivity index (χ1) is 8.81. The zero-order valence-corrected chi connectivity index (χ0v) is 11.9. The zero-order valence-electron chi connectivity index (χ0n) is 11.9. The molecule has 0 aliphatic rings. The topological polar surface area (TPSA) is 62.1 Å². The molecule has 0 bridgehead atoms. The van der Waals surface area contributed by atoms with Crippen LogP contribution in [-0.4, -0.2) is 17.6 Å². The van der Waals surface area contributed by atoms with Crippen LogP contribution in [-0.2, 0) is 16.0 Å². The van der Waals surface area contributed by atoms with Crippen LogP contribution in [0.4, 0.5) is 5.69 Å². The molecule has 1 aromatic carbocycles. The molecule has 0 heterocycles. The summed E-state index contributed by atoms with van der Waals surface area (Å²) in [5.41, 5.74) is 1.31. The van der Waals surface area contributed by atoms with Gasteiger partial charge in [0.1, 0.15) is 11.6 Å². The molecule has 1 N–H and O–H groups in total. The molecular weight excluding hydrogens is 240 g/mol. The van der Waals surface area contributed by atoms with Crippen molar-refractivity contribution in [3.8, 4) is 6.07 Å². The maximum absolute atomic E-state index is 11.8. The molecule has 1 unspecified atom stereocenters. The molecule has 0 spiro atoms. The van der Waals surface area contributed by atoms with Crippen molar-refractivity contribution in [1.82, 2.24) is 0 Å². The highest BCUT2D eigenvalue weighted by molar-refractivity contribution is 5.79. The number of nitrogens with one attached hydrogen (secondary N) is 1. The minimum absolute atomic E-state index is 0.284. The molecule has 0 fully saturated rings. The second kappa shape index (κ2) is 6.24. The van der Waals surface area contributed by atoms with Crippen LogP contribution in [0.1, 0.15) is 33.3 Å². The van der Waals surface area contributed by atoms with E-state index in [0.29, 0.717) is 6.42 Å². The lowest BCUT2D eigenvalue weighted by atomic mass is 10.1. The monoisotopic (exact) mass is 260 g/mol. The third kappa shape index (κ3) is 5.43. The van der Waals surface area contributed by atoms with Crippen LogP contribution in [0.3, 0.4) is 0 Å². The van der Waals surface area contributed by atoms with Gasteiger partial charge in [-0.1, -0.05) is 12.1 Å². The molecule has 0 saturated heterocycles. The molecule has 0 aliphatic carbocycles. The van der Waals surface area contributed by atoms with E-state index in [9.17, 15) is 4.79 Å². The van der Waals surface area contributed by atoms with E-state index >= 15 is 0 Å². The molecule has 1 aromatic rings. The number of esters is 1. The molecule has 19 heavy (non-hydrogen) atoms. The van der Waals surface area contributed by atoms with Gasteiger partial charge in [-0.05, 0) is 45.4 Å². The van der Waals surface area contributed by atoms with Gasteiger partial charge in [0.05, 0.1) is 12.5 Å². The van der Waals surface area contributed by atoms with E-state index in [4.69, 9.17) is 10.00 Å². The van der Waals surface area contributed by atoms with E-state index < -0.39 is 11.6 Å². The van der Waals surface area contributed by atoms with Gasteiger partial charge in [0.15, 0.2) is 0 Å². The zero-order chi connectivity index (χ0) is 14.5. The Morgan fingerprint density at radius 2 is 1.95 bits per heavy atom. The van der Waals surface area contributed by atoms with Gasteiger partial charge in [0.2, 0.25) is 0 Å². The minimum atomic E-state index is -0.482. The standard InChI is InChI=1S/C15H20N2O2/c1-11(14(18)19-15(2,3)4)17-13-7-5-12(6-8-13)9-10-16/h5-8,11,17H,9H2,1-4H3. The van der Waals surface area contributed by atoms with Gasteiger partial charge >= 0.3 is 5.97 Å². The van der Waals surface area contributed by atoms with Crippen LogP contribution in [0.15, 0.2) is 24.3 Å². The molecule has 4 heteroatoms. The Balaban J connectivity index is 2.59. The first-order valence-electron chi connectivity index (χ1n) is 6.27. The summed E-state index contributed by atoms with van der Waals surface area (Å²) in [4.78, 5) is 11.8. The summed E-state index contributed by atoms with van der Waals surface area (Å²) in [6.07, 6.45) is 0.391. The maximum Gasteiger partial charge on any atom is 0.328 e. The van der Waals surface area contributed by atoms with Crippen LogP contribution in [0.5, 0.6) is 0 Å². The van der Waals surface area contributed by atoms with Crippen molar-refractivity contribution in [3.05, 3.63) is 29.8 Å². The number of hydrogen-bond acceptors (Lipinski definition) is 4. The molecule has 0 saturated carbocycles. The minimum Gasteiger partial charge on any atom is -0.458 e. The Morgan fingerprint density at radius 3 is 2.42 bits per heavy atom. The first-order valence-corrected chi connectivity index (χ1v) is 6.27. The van der Waals surface area contributed by atoms with Gasteiger partial charge in [0, 0.05) is 5.69 Å². The molecule has 1 atom stereocenters. The highest BCUT2D eigenvalue weighted by Crippen LogP contribution is 2.13. The van der Waals surface area contributed by atoms with Crippen LogP contribution < -0.4 is 5.32 Å². The van der Waals surface area contributed by atoms with Gasteiger partial charge in [-0.15, -0.1) is 0 Å². The second-order valence-electron chi connectivity index (χ2n) is 5.43. The highest BCUT2D eigenvalue weighted by Gasteiger charge is 2.21. The van der Waals surface area contributed by atoms with Crippen LogP contribution in [0.25, 0.3) is 0 Å². The van der Waals surface area contributed by atoms with Gasteiger partial charge in [0.25, 0.3) is 0 Å². The van der Waals surface area contributed by atoms with Crippen LogP contribution >= 0.6 is 0 Å². The van der Waals surface area contributed by atoms with E-state index in [1.807, 2.05) is 45.0 Å². The number of nitriles is 1. The fraction of sp³-hybridized carbons (Fsp3) is 0.467. The van der Waals surface area contributed by atoms with Crippen molar-refractivity contribution in [2.75, 3.05) is 5.32 Å². The molecule has 0 amide bonds. The van der Waals surface area contributed by atoms with Gasteiger partial charge in [-0.2, -0.15) is 5.26 Å². The number of hydrogen-bond donors (Lipinski definition) is 1. The molecule has 0 aromatic heterocycles. The summed E-state index contributed by atoms with van der Waals surface area (Å²) in [6.45, 7) is 7.29. The number of benzene rings is 1. The van der Waals surface area contributed by atoms with Crippen molar-refractivity contribution in [1.29, 1.82) is 5.26 Å². The molecule has 0 aliphatic heterocycles. The lowest BCUT2D eigenvalue weighted by Gasteiger charge is -2.23. The number of nitrogens with zero attached hydrogens (tertiary/aromatic N) is 1. The summed E-state index contributed by atoms with van der Waals surface area (Å²) in [7, 11) is 0. The fourth-order valence-electron chi connectivity index (χ4n) is 1.51.